The van der Waals surface area contributed by atoms with Crippen molar-refractivity contribution in [2.24, 2.45) is 5.73 Å². The van der Waals surface area contributed by atoms with Crippen LogP contribution in [-0.2, 0) is 4.79 Å². The van der Waals surface area contributed by atoms with Gasteiger partial charge in [0.15, 0.2) is 0 Å². The van der Waals surface area contributed by atoms with E-state index in [4.69, 9.17) is 5.73 Å². The summed E-state index contributed by atoms with van der Waals surface area (Å²) in [4.78, 5) is 25.5. The van der Waals surface area contributed by atoms with Gasteiger partial charge in [0.2, 0.25) is 5.91 Å². The van der Waals surface area contributed by atoms with Crippen molar-refractivity contribution in [3.8, 4) is 0 Å². The normalized spacial score (nSPS) is 15.3. The Balaban J connectivity index is 2.24. The molecule has 2 N–H and O–H groups in total. The summed E-state index contributed by atoms with van der Waals surface area (Å²) < 4.78 is 0.969. The van der Waals surface area contributed by atoms with Crippen molar-refractivity contribution in [2.75, 3.05) is 6.54 Å². The molecule has 20 heavy (non-hydrogen) atoms. The van der Waals surface area contributed by atoms with E-state index in [9.17, 15) is 9.59 Å². The smallest absolute Gasteiger partial charge is 0.254 e. The van der Waals surface area contributed by atoms with Crippen LogP contribution in [0, 0.1) is 6.92 Å². The van der Waals surface area contributed by atoms with Gasteiger partial charge in [-0.05, 0) is 43.5 Å². The number of primary amides is 1. The molecular formula is C15H19BrN2O2. The summed E-state index contributed by atoms with van der Waals surface area (Å²) in [6.45, 7) is 1.94. The van der Waals surface area contributed by atoms with E-state index in [-0.39, 0.29) is 18.5 Å². The number of hydrogen-bond acceptors (Lipinski definition) is 2. The molecule has 2 amide bonds. The van der Waals surface area contributed by atoms with Crippen molar-refractivity contribution in [1.29, 1.82) is 0 Å². The molecule has 0 aliphatic heterocycles. The number of carbonyl (C=O) groups excluding carboxylic acids is 2. The van der Waals surface area contributed by atoms with Crippen molar-refractivity contribution >= 4 is 27.7 Å². The first-order valence-electron chi connectivity index (χ1n) is 6.84. The lowest BCUT2D eigenvalue weighted by molar-refractivity contribution is -0.119. The van der Waals surface area contributed by atoms with E-state index in [1.807, 2.05) is 19.1 Å². The standard InChI is InChI=1S/C15H19BrN2O2/c1-10-8-11(6-7-13(10)16)15(20)18(9-14(17)19)12-4-2-3-5-12/h6-8,12H,2-5,9H2,1H3,(H2,17,19). The molecule has 108 valence electrons. The van der Waals surface area contributed by atoms with Gasteiger partial charge < -0.3 is 10.6 Å². The molecule has 0 unspecified atom stereocenters. The highest BCUT2D eigenvalue weighted by Crippen LogP contribution is 2.25. The molecule has 1 aliphatic rings. The van der Waals surface area contributed by atoms with Crippen LogP contribution in [0.15, 0.2) is 22.7 Å². The van der Waals surface area contributed by atoms with Crippen LogP contribution in [0.25, 0.3) is 0 Å². The second-order valence-electron chi connectivity index (χ2n) is 5.30. The van der Waals surface area contributed by atoms with Gasteiger partial charge in [-0.3, -0.25) is 9.59 Å². The molecule has 1 aromatic carbocycles. The van der Waals surface area contributed by atoms with Crippen molar-refractivity contribution in [2.45, 2.75) is 38.6 Å². The number of aryl methyl sites for hydroxylation is 1. The maximum absolute atomic E-state index is 12.6. The Hall–Kier alpha value is -1.36. The lowest BCUT2D eigenvalue weighted by Crippen LogP contribution is -2.44. The maximum Gasteiger partial charge on any atom is 0.254 e. The zero-order chi connectivity index (χ0) is 14.7. The van der Waals surface area contributed by atoms with E-state index in [2.05, 4.69) is 15.9 Å². The Morgan fingerprint density at radius 1 is 1.35 bits per heavy atom. The van der Waals surface area contributed by atoms with Gasteiger partial charge in [-0.2, -0.15) is 0 Å². The molecule has 1 fully saturated rings. The molecule has 2 rings (SSSR count). The van der Waals surface area contributed by atoms with Gasteiger partial charge in [0.1, 0.15) is 0 Å². The van der Waals surface area contributed by atoms with Gasteiger partial charge in [0.25, 0.3) is 5.91 Å². The Bertz CT molecular complexity index is 525. The maximum atomic E-state index is 12.6. The zero-order valence-electron chi connectivity index (χ0n) is 11.6. The van der Waals surface area contributed by atoms with E-state index in [1.54, 1.807) is 11.0 Å². The number of hydrogen-bond donors (Lipinski definition) is 1. The number of halogens is 1. The van der Waals surface area contributed by atoms with Crippen molar-refractivity contribution < 1.29 is 9.59 Å². The monoisotopic (exact) mass is 338 g/mol. The highest BCUT2D eigenvalue weighted by molar-refractivity contribution is 9.10. The molecule has 0 bridgehead atoms. The van der Waals surface area contributed by atoms with Crippen LogP contribution < -0.4 is 5.73 Å². The number of carbonyl (C=O) groups is 2. The highest BCUT2D eigenvalue weighted by atomic mass is 79.9. The summed E-state index contributed by atoms with van der Waals surface area (Å²) in [6, 6.07) is 5.62. The number of rotatable bonds is 4. The predicted molar refractivity (Wildman–Crippen MR) is 81.4 cm³/mol. The zero-order valence-corrected chi connectivity index (χ0v) is 13.1. The summed E-state index contributed by atoms with van der Waals surface area (Å²) in [7, 11) is 0. The van der Waals surface area contributed by atoms with Crippen LogP contribution in [0.2, 0.25) is 0 Å². The van der Waals surface area contributed by atoms with Crippen molar-refractivity contribution in [1.82, 2.24) is 4.90 Å². The van der Waals surface area contributed by atoms with Crippen LogP contribution in [0.5, 0.6) is 0 Å². The molecule has 1 aliphatic carbocycles. The summed E-state index contributed by atoms with van der Waals surface area (Å²) in [5.41, 5.74) is 6.90. The first-order chi connectivity index (χ1) is 9.49. The molecular weight excluding hydrogens is 320 g/mol. The van der Waals surface area contributed by atoms with Crippen molar-refractivity contribution in [3.05, 3.63) is 33.8 Å². The number of nitrogens with zero attached hydrogens (tertiary/aromatic N) is 1. The average molecular weight is 339 g/mol. The third-order valence-corrected chi connectivity index (χ3v) is 4.65. The van der Waals surface area contributed by atoms with Crippen LogP contribution in [-0.4, -0.2) is 29.3 Å². The summed E-state index contributed by atoms with van der Waals surface area (Å²) in [5, 5.41) is 0. The first kappa shape index (κ1) is 15.0. The molecule has 0 spiro atoms. The second kappa shape index (κ2) is 6.39. The average Bonchev–Trinajstić information content (AvgIpc) is 2.92. The van der Waals surface area contributed by atoms with E-state index < -0.39 is 5.91 Å². The fourth-order valence-corrected chi connectivity index (χ4v) is 2.94. The minimum atomic E-state index is -0.459. The molecule has 1 saturated carbocycles. The van der Waals surface area contributed by atoms with Gasteiger partial charge >= 0.3 is 0 Å². The van der Waals surface area contributed by atoms with E-state index >= 15 is 0 Å². The Morgan fingerprint density at radius 3 is 2.55 bits per heavy atom. The van der Waals surface area contributed by atoms with E-state index in [1.165, 1.54) is 0 Å². The molecule has 0 radical (unpaired) electrons. The molecule has 0 atom stereocenters. The fourth-order valence-electron chi connectivity index (χ4n) is 2.69. The van der Waals surface area contributed by atoms with E-state index in [0.717, 1.165) is 35.7 Å². The Labute approximate surface area is 127 Å². The van der Waals surface area contributed by atoms with Gasteiger partial charge in [-0.15, -0.1) is 0 Å². The summed E-state index contributed by atoms with van der Waals surface area (Å²) >= 11 is 3.42. The van der Waals surface area contributed by atoms with Crippen LogP contribution in [0.3, 0.4) is 0 Å². The van der Waals surface area contributed by atoms with Crippen molar-refractivity contribution in [3.63, 3.8) is 0 Å². The lowest BCUT2D eigenvalue weighted by atomic mass is 10.1. The first-order valence-corrected chi connectivity index (χ1v) is 7.64. The summed E-state index contributed by atoms with van der Waals surface area (Å²) in [5.74, 6) is -0.564. The third kappa shape index (κ3) is 3.39. The minimum Gasteiger partial charge on any atom is -0.368 e. The molecule has 1 aromatic rings. The minimum absolute atomic E-state index is 0.00138. The Morgan fingerprint density at radius 2 is 2.00 bits per heavy atom. The van der Waals surface area contributed by atoms with Crippen LogP contribution in [0.1, 0.15) is 41.6 Å². The third-order valence-electron chi connectivity index (χ3n) is 3.76. The molecule has 0 aromatic heterocycles. The largest absolute Gasteiger partial charge is 0.368 e. The number of amides is 2. The SMILES string of the molecule is Cc1cc(C(=O)N(CC(N)=O)C2CCCC2)ccc1Br. The molecule has 0 saturated heterocycles. The fraction of sp³-hybridized carbons (Fsp3) is 0.467. The topological polar surface area (TPSA) is 63.4 Å². The van der Waals surface area contributed by atoms with Gasteiger partial charge in [-0.1, -0.05) is 28.8 Å². The molecule has 4 nitrogen and oxygen atoms in total. The lowest BCUT2D eigenvalue weighted by Gasteiger charge is -2.28. The summed E-state index contributed by atoms with van der Waals surface area (Å²) in [6.07, 6.45) is 4.11. The highest BCUT2D eigenvalue weighted by Gasteiger charge is 2.28. The van der Waals surface area contributed by atoms with Crippen LogP contribution in [0.4, 0.5) is 0 Å². The van der Waals surface area contributed by atoms with Crippen LogP contribution >= 0.6 is 15.9 Å². The van der Waals surface area contributed by atoms with Gasteiger partial charge in [-0.25, -0.2) is 0 Å². The predicted octanol–water partition coefficient (Wildman–Crippen LogP) is 2.63. The van der Waals surface area contributed by atoms with Gasteiger partial charge in [0, 0.05) is 16.1 Å². The number of nitrogens with two attached hydrogens (primary N) is 1. The van der Waals surface area contributed by atoms with E-state index in [0.29, 0.717) is 5.56 Å². The molecule has 0 heterocycles. The number of benzene rings is 1. The second-order valence-corrected chi connectivity index (χ2v) is 6.16. The van der Waals surface area contributed by atoms with Gasteiger partial charge in [0.05, 0.1) is 6.54 Å². The molecule has 5 heteroatoms. The Kier molecular flexibility index (Phi) is 4.81. The quantitative estimate of drug-likeness (QED) is 0.917.